The predicted molar refractivity (Wildman–Crippen MR) is 65.2 cm³/mol. The highest BCUT2D eigenvalue weighted by atomic mass is 19.3. The first kappa shape index (κ1) is 13.6. The third-order valence-electron chi connectivity index (χ3n) is 3.24. The molecule has 0 saturated heterocycles. The molecule has 0 unspecified atom stereocenters. The monoisotopic (exact) mass is 270 g/mol. The van der Waals surface area contributed by atoms with E-state index in [-0.39, 0.29) is 44.1 Å². The van der Waals surface area contributed by atoms with Crippen LogP contribution in [0.5, 0.6) is 0 Å². The summed E-state index contributed by atoms with van der Waals surface area (Å²) in [6.07, 6.45) is 1.50. The van der Waals surface area contributed by atoms with Crippen molar-refractivity contribution in [3.05, 3.63) is 18.1 Å². The lowest BCUT2D eigenvalue weighted by molar-refractivity contribution is -0.129. The van der Waals surface area contributed by atoms with Gasteiger partial charge in [0.05, 0.1) is 6.54 Å². The quantitative estimate of drug-likeness (QED) is 0.872. The zero-order valence-corrected chi connectivity index (χ0v) is 10.4. The van der Waals surface area contributed by atoms with Crippen molar-refractivity contribution in [2.75, 3.05) is 5.73 Å². The summed E-state index contributed by atoms with van der Waals surface area (Å²) in [5.74, 6) is -2.44. The number of carbonyl (C=O) groups is 1. The van der Waals surface area contributed by atoms with Gasteiger partial charge in [0.25, 0.3) is 0 Å². The Labute approximate surface area is 109 Å². The molecule has 1 saturated carbocycles. The third-order valence-corrected chi connectivity index (χ3v) is 3.24. The molecule has 5 nitrogen and oxygen atoms in total. The van der Waals surface area contributed by atoms with Crippen molar-refractivity contribution in [3.8, 4) is 0 Å². The molecule has 3 N–H and O–H groups in total. The van der Waals surface area contributed by atoms with Gasteiger partial charge in [-0.1, -0.05) is 0 Å². The van der Waals surface area contributed by atoms with E-state index in [1.54, 1.807) is 6.07 Å². The molecule has 104 valence electrons. The Morgan fingerprint density at radius 3 is 2.79 bits per heavy atom. The standard InChI is InChI=1S/C12H16F2N4O/c13-12(14)4-1-8(2-5-12)11(19)17-7-10-16-6-3-9(15)18-10/h3,6,8H,1-2,4-5,7H2,(H,17,19)(H2,15,16,18). The normalized spacial score (nSPS) is 19.1. The summed E-state index contributed by atoms with van der Waals surface area (Å²) in [7, 11) is 0. The van der Waals surface area contributed by atoms with E-state index in [0.29, 0.717) is 11.6 Å². The van der Waals surface area contributed by atoms with Crippen LogP contribution in [0, 0.1) is 5.92 Å². The molecule has 7 heteroatoms. The van der Waals surface area contributed by atoms with Crippen molar-refractivity contribution in [3.63, 3.8) is 0 Å². The Hall–Kier alpha value is -1.79. The van der Waals surface area contributed by atoms with Crippen molar-refractivity contribution in [1.82, 2.24) is 15.3 Å². The van der Waals surface area contributed by atoms with Crippen LogP contribution < -0.4 is 11.1 Å². The molecule has 19 heavy (non-hydrogen) atoms. The molecule has 0 aliphatic heterocycles. The number of nitrogen functional groups attached to an aromatic ring is 1. The van der Waals surface area contributed by atoms with Gasteiger partial charge in [-0.15, -0.1) is 0 Å². The van der Waals surface area contributed by atoms with Gasteiger partial charge in [0.1, 0.15) is 11.6 Å². The van der Waals surface area contributed by atoms with Crippen LogP contribution in [0.2, 0.25) is 0 Å². The van der Waals surface area contributed by atoms with Crippen molar-refractivity contribution in [2.45, 2.75) is 38.2 Å². The van der Waals surface area contributed by atoms with Crippen molar-refractivity contribution < 1.29 is 13.6 Å². The molecule has 0 spiro atoms. The lowest BCUT2D eigenvalue weighted by Crippen LogP contribution is -2.35. The molecule has 0 aromatic carbocycles. The number of nitrogens with one attached hydrogen (secondary N) is 1. The Kier molecular flexibility index (Phi) is 3.92. The average Bonchev–Trinajstić information content (AvgIpc) is 2.36. The minimum Gasteiger partial charge on any atom is -0.384 e. The van der Waals surface area contributed by atoms with E-state index in [2.05, 4.69) is 15.3 Å². The summed E-state index contributed by atoms with van der Waals surface area (Å²) in [5.41, 5.74) is 5.49. The molecule has 0 radical (unpaired) electrons. The molecule has 1 amide bonds. The number of nitrogens with two attached hydrogens (primary N) is 1. The van der Waals surface area contributed by atoms with E-state index in [0.717, 1.165) is 0 Å². The van der Waals surface area contributed by atoms with Crippen LogP contribution in [0.15, 0.2) is 12.3 Å². The van der Waals surface area contributed by atoms with Gasteiger partial charge in [-0.25, -0.2) is 18.7 Å². The van der Waals surface area contributed by atoms with Gasteiger partial charge in [0, 0.05) is 25.0 Å². The number of hydrogen-bond donors (Lipinski definition) is 2. The van der Waals surface area contributed by atoms with Crippen molar-refractivity contribution in [2.24, 2.45) is 5.92 Å². The molecule has 1 fully saturated rings. The number of aromatic nitrogens is 2. The second-order valence-electron chi connectivity index (χ2n) is 4.75. The zero-order chi connectivity index (χ0) is 13.9. The summed E-state index contributed by atoms with van der Waals surface area (Å²) < 4.78 is 25.9. The number of alkyl halides is 2. The molecular weight excluding hydrogens is 254 g/mol. The number of rotatable bonds is 3. The van der Waals surface area contributed by atoms with E-state index >= 15 is 0 Å². The number of nitrogens with zero attached hydrogens (tertiary/aromatic N) is 2. The first-order valence-corrected chi connectivity index (χ1v) is 6.19. The first-order chi connectivity index (χ1) is 8.96. The maximum atomic E-state index is 13.0. The number of anilines is 1. The number of carbonyl (C=O) groups excluding carboxylic acids is 1. The fourth-order valence-corrected chi connectivity index (χ4v) is 2.11. The van der Waals surface area contributed by atoms with Crippen LogP contribution in [0.4, 0.5) is 14.6 Å². The van der Waals surface area contributed by atoms with Gasteiger partial charge < -0.3 is 11.1 Å². The fourth-order valence-electron chi connectivity index (χ4n) is 2.11. The number of hydrogen-bond acceptors (Lipinski definition) is 4. The molecule has 1 heterocycles. The van der Waals surface area contributed by atoms with Gasteiger partial charge in [-0.2, -0.15) is 0 Å². The van der Waals surface area contributed by atoms with E-state index < -0.39 is 5.92 Å². The second kappa shape index (κ2) is 5.46. The molecular formula is C12H16F2N4O. The molecule has 1 aliphatic carbocycles. The molecule has 1 aromatic heterocycles. The largest absolute Gasteiger partial charge is 0.384 e. The van der Waals surface area contributed by atoms with E-state index in [4.69, 9.17) is 5.73 Å². The lowest BCUT2D eigenvalue weighted by atomic mass is 9.86. The summed E-state index contributed by atoms with van der Waals surface area (Å²) in [6, 6.07) is 1.55. The minimum atomic E-state index is -2.62. The highest BCUT2D eigenvalue weighted by molar-refractivity contribution is 5.78. The first-order valence-electron chi connectivity index (χ1n) is 6.19. The molecule has 1 aliphatic rings. The number of halogens is 2. The molecule has 0 bridgehead atoms. The maximum absolute atomic E-state index is 13.0. The fraction of sp³-hybridized carbons (Fsp3) is 0.583. The Bertz CT molecular complexity index is 457. The second-order valence-corrected chi connectivity index (χ2v) is 4.75. The maximum Gasteiger partial charge on any atom is 0.248 e. The van der Waals surface area contributed by atoms with E-state index in [1.807, 2.05) is 0 Å². The van der Waals surface area contributed by atoms with Gasteiger partial charge >= 0.3 is 0 Å². The Morgan fingerprint density at radius 2 is 2.16 bits per heavy atom. The van der Waals surface area contributed by atoms with E-state index in [1.165, 1.54) is 6.20 Å². The van der Waals surface area contributed by atoms with Crippen LogP contribution in [0.3, 0.4) is 0 Å². The summed E-state index contributed by atoms with van der Waals surface area (Å²) in [5, 5.41) is 2.66. The van der Waals surface area contributed by atoms with Crippen LogP contribution >= 0.6 is 0 Å². The highest BCUT2D eigenvalue weighted by Crippen LogP contribution is 2.36. The van der Waals surface area contributed by atoms with Gasteiger partial charge in [0.15, 0.2) is 0 Å². The lowest BCUT2D eigenvalue weighted by Gasteiger charge is -2.27. The van der Waals surface area contributed by atoms with Crippen LogP contribution in [0.1, 0.15) is 31.5 Å². The smallest absolute Gasteiger partial charge is 0.248 e. The minimum absolute atomic E-state index is 0.163. The van der Waals surface area contributed by atoms with Gasteiger partial charge in [-0.05, 0) is 18.9 Å². The average molecular weight is 270 g/mol. The summed E-state index contributed by atoms with van der Waals surface area (Å²) >= 11 is 0. The van der Waals surface area contributed by atoms with E-state index in [9.17, 15) is 13.6 Å². The predicted octanol–water partition coefficient (Wildman–Crippen LogP) is 1.50. The van der Waals surface area contributed by atoms with Crippen molar-refractivity contribution >= 4 is 11.7 Å². The third kappa shape index (κ3) is 3.84. The molecule has 1 aromatic rings. The SMILES string of the molecule is Nc1ccnc(CNC(=O)C2CCC(F)(F)CC2)n1. The topological polar surface area (TPSA) is 80.9 Å². The van der Waals surface area contributed by atoms with Crippen LogP contribution in [-0.2, 0) is 11.3 Å². The number of amides is 1. The van der Waals surface area contributed by atoms with Crippen molar-refractivity contribution in [1.29, 1.82) is 0 Å². The summed E-state index contributed by atoms with van der Waals surface area (Å²) in [4.78, 5) is 19.7. The van der Waals surface area contributed by atoms with Gasteiger partial charge in [-0.3, -0.25) is 4.79 Å². The Balaban J connectivity index is 1.82. The highest BCUT2D eigenvalue weighted by Gasteiger charge is 2.37. The van der Waals surface area contributed by atoms with Crippen LogP contribution in [-0.4, -0.2) is 21.8 Å². The zero-order valence-electron chi connectivity index (χ0n) is 10.4. The van der Waals surface area contributed by atoms with Crippen LogP contribution in [0.25, 0.3) is 0 Å². The van der Waals surface area contributed by atoms with Gasteiger partial charge in [0.2, 0.25) is 11.8 Å². The summed E-state index contributed by atoms with van der Waals surface area (Å²) in [6.45, 7) is 0.163. The Morgan fingerprint density at radius 1 is 1.47 bits per heavy atom. The molecule has 0 atom stereocenters. The molecule has 2 rings (SSSR count).